The molecule has 0 amide bonds. The van der Waals surface area contributed by atoms with Gasteiger partial charge in [0.1, 0.15) is 0 Å². The van der Waals surface area contributed by atoms with Gasteiger partial charge in [-0.1, -0.05) is 15.9 Å². The maximum atomic E-state index is 3.78. The van der Waals surface area contributed by atoms with E-state index in [-0.39, 0.29) is 0 Å². The molecule has 1 atom stereocenters. The standard InChI is InChI=1S/C23H26BrN3/c24-16-7-12-21-20(15-16)19-5-4-6-22(23(19)26-21)25-17-8-10-18(11-9-17)27-13-2-1-3-14-27/h7-12,15,22,25-26H,1-6,13-14H2. The van der Waals surface area contributed by atoms with Crippen LogP contribution in [0.15, 0.2) is 46.9 Å². The lowest BCUT2D eigenvalue weighted by Crippen LogP contribution is -2.29. The third-order valence-corrected chi connectivity index (χ3v) is 6.59. The first kappa shape index (κ1) is 17.2. The van der Waals surface area contributed by atoms with Crippen molar-refractivity contribution in [3.63, 3.8) is 0 Å². The summed E-state index contributed by atoms with van der Waals surface area (Å²) in [6.45, 7) is 2.40. The van der Waals surface area contributed by atoms with Gasteiger partial charge in [-0.05, 0) is 86.6 Å². The highest BCUT2D eigenvalue weighted by Gasteiger charge is 2.24. The Hall–Kier alpha value is -1.94. The number of H-pyrrole nitrogens is 1. The topological polar surface area (TPSA) is 31.1 Å². The predicted octanol–water partition coefficient (Wildman–Crippen LogP) is 6.41. The molecule has 1 aliphatic heterocycles. The van der Waals surface area contributed by atoms with Crippen molar-refractivity contribution in [2.75, 3.05) is 23.3 Å². The SMILES string of the molecule is Brc1ccc2[nH]c3c(c2c1)CCCC3Nc1ccc(N2CCCCC2)cc1. The number of nitrogens with zero attached hydrogens (tertiary/aromatic N) is 1. The fraction of sp³-hybridized carbons (Fsp3) is 0.391. The van der Waals surface area contributed by atoms with Gasteiger partial charge in [-0.2, -0.15) is 0 Å². The van der Waals surface area contributed by atoms with Crippen molar-refractivity contribution in [2.45, 2.75) is 44.6 Å². The quantitative estimate of drug-likeness (QED) is 0.509. The largest absolute Gasteiger partial charge is 0.377 e. The number of hydrogen-bond acceptors (Lipinski definition) is 2. The Balaban J connectivity index is 1.38. The van der Waals surface area contributed by atoms with E-state index in [1.807, 2.05) is 0 Å². The zero-order valence-corrected chi connectivity index (χ0v) is 17.2. The molecule has 1 aliphatic carbocycles. The van der Waals surface area contributed by atoms with Gasteiger partial charge in [0, 0.05) is 45.5 Å². The van der Waals surface area contributed by atoms with Gasteiger partial charge in [0.2, 0.25) is 0 Å². The van der Waals surface area contributed by atoms with Crippen LogP contribution in [0, 0.1) is 0 Å². The molecule has 2 aliphatic rings. The number of aromatic nitrogens is 1. The fourth-order valence-electron chi connectivity index (χ4n) is 4.70. The van der Waals surface area contributed by atoms with Crippen LogP contribution in [0.5, 0.6) is 0 Å². The summed E-state index contributed by atoms with van der Waals surface area (Å²) in [6.07, 6.45) is 7.59. The molecular weight excluding hydrogens is 398 g/mol. The Labute approximate surface area is 169 Å². The normalized spacial score (nSPS) is 19.9. The Kier molecular flexibility index (Phi) is 4.60. The third-order valence-electron chi connectivity index (χ3n) is 6.10. The van der Waals surface area contributed by atoms with E-state index in [2.05, 4.69) is 73.6 Å². The number of rotatable bonds is 3. The van der Waals surface area contributed by atoms with Crippen molar-refractivity contribution in [1.82, 2.24) is 4.98 Å². The Morgan fingerprint density at radius 1 is 0.963 bits per heavy atom. The minimum atomic E-state index is 0.362. The van der Waals surface area contributed by atoms with E-state index >= 15 is 0 Å². The van der Waals surface area contributed by atoms with Crippen LogP contribution in [0.25, 0.3) is 10.9 Å². The second kappa shape index (κ2) is 7.23. The Bertz CT molecular complexity index is 938. The van der Waals surface area contributed by atoms with E-state index in [1.54, 1.807) is 0 Å². The van der Waals surface area contributed by atoms with E-state index in [0.29, 0.717) is 6.04 Å². The Morgan fingerprint density at radius 3 is 2.59 bits per heavy atom. The minimum absolute atomic E-state index is 0.362. The second-order valence-electron chi connectivity index (χ2n) is 7.89. The van der Waals surface area contributed by atoms with Gasteiger partial charge in [-0.25, -0.2) is 0 Å². The molecular formula is C23H26BrN3. The molecule has 0 radical (unpaired) electrons. The lowest BCUT2D eigenvalue weighted by molar-refractivity contribution is 0.578. The van der Waals surface area contributed by atoms with Crippen LogP contribution in [0.3, 0.4) is 0 Å². The predicted molar refractivity (Wildman–Crippen MR) is 118 cm³/mol. The molecule has 2 N–H and O–H groups in total. The zero-order valence-electron chi connectivity index (χ0n) is 15.6. The summed E-state index contributed by atoms with van der Waals surface area (Å²) in [7, 11) is 0. The summed E-state index contributed by atoms with van der Waals surface area (Å²) in [5.41, 5.74) is 6.68. The van der Waals surface area contributed by atoms with Gasteiger partial charge in [0.25, 0.3) is 0 Å². The van der Waals surface area contributed by atoms with Gasteiger partial charge in [0.15, 0.2) is 0 Å². The number of aromatic amines is 1. The number of fused-ring (bicyclic) bond motifs is 3. The molecule has 1 aromatic heterocycles. The first-order valence-electron chi connectivity index (χ1n) is 10.2. The number of nitrogens with one attached hydrogen (secondary N) is 2. The van der Waals surface area contributed by atoms with Gasteiger partial charge < -0.3 is 15.2 Å². The van der Waals surface area contributed by atoms with Crippen molar-refractivity contribution in [3.8, 4) is 0 Å². The van der Waals surface area contributed by atoms with Crippen LogP contribution in [0.2, 0.25) is 0 Å². The summed E-state index contributed by atoms with van der Waals surface area (Å²) in [4.78, 5) is 6.20. The van der Waals surface area contributed by atoms with Gasteiger partial charge >= 0.3 is 0 Å². The molecule has 2 aromatic carbocycles. The summed E-state index contributed by atoms with van der Waals surface area (Å²) >= 11 is 3.62. The minimum Gasteiger partial charge on any atom is -0.377 e. The molecule has 140 valence electrons. The Morgan fingerprint density at radius 2 is 1.78 bits per heavy atom. The number of benzene rings is 2. The molecule has 0 bridgehead atoms. The molecule has 0 spiro atoms. The van der Waals surface area contributed by atoms with Crippen LogP contribution in [0.4, 0.5) is 11.4 Å². The first-order valence-corrected chi connectivity index (χ1v) is 11.0. The molecule has 4 heteroatoms. The van der Waals surface area contributed by atoms with Crippen molar-refractivity contribution >= 4 is 38.2 Å². The lowest BCUT2D eigenvalue weighted by atomic mass is 9.91. The summed E-state index contributed by atoms with van der Waals surface area (Å²) in [5, 5.41) is 5.15. The average Bonchev–Trinajstić information content (AvgIpc) is 3.08. The van der Waals surface area contributed by atoms with E-state index in [0.717, 1.165) is 10.9 Å². The highest BCUT2D eigenvalue weighted by Crippen LogP contribution is 2.37. The van der Waals surface area contributed by atoms with Gasteiger partial charge in [-0.15, -0.1) is 0 Å². The van der Waals surface area contributed by atoms with Crippen molar-refractivity contribution in [1.29, 1.82) is 0 Å². The van der Waals surface area contributed by atoms with Crippen LogP contribution >= 0.6 is 15.9 Å². The highest BCUT2D eigenvalue weighted by atomic mass is 79.9. The van der Waals surface area contributed by atoms with Gasteiger partial charge in [-0.3, -0.25) is 0 Å². The molecule has 0 saturated carbocycles. The van der Waals surface area contributed by atoms with Gasteiger partial charge in [0.05, 0.1) is 6.04 Å². The maximum absolute atomic E-state index is 3.78. The van der Waals surface area contributed by atoms with E-state index in [1.165, 1.54) is 78.7 Å². The van der Waals surface area contributed by atoms with Crippen LogP contribution in [-0.2, 0) is 6.42 Å². The number of anilines is 2. The molecule has 3 nitrogen and oxygen atoms in total. The molecule has 27 heavy (non-hydrogen) atoms. The fourth-order valence-corrected chi connectivity index (χ4v) is 5.06. The highest BCUT2D eigenvalue weighted by molar-refractivity contribution is 9.10. The lowest BCUT2D eigenvalue weighted by Gasteiger charge is -2.29. The molecule has 3 aromatic rings. The van der Waals surface area contributed by atoms with E-state index in [4.69, 9.17) is 0 Å². The molecule has 5 rings (SSSR count). The van der Waals surface area contributed by atoms with E-state index in [9.17, 15) is 0 Å². The van der Waals surface area contributed by atoms with E-state index < -0.39 is 0 Å². The number of piperidine rings is 1. The van der Waals surface area contributed by atoms with Crippen molar-refractivity contribution in [2.24, 2.45) is 0 Å². The second-order valence-corrected chi connectivity index (χ2v) is 8.81. The summed E-state index contributed by atoms with van der Waals surface area (Å²) in [5.74, 6) is 0. The average molecular weight is 424 g/mol. The first-order chi connectivity index (χ1) is 13.3. The summed E-state index contributed by atoms with van der Waals surface area (Å²) in [6, 6.07) is 16.0. The smallest absolute Gasteiger partial charge is 0.0666 e. The van der Waals surface area contributed by atoms with Crippen LogP contribution in [0.1, 0.15) is 49.4 Å². The molecule has 1 unspecified atom stereocenters. The number of aryl methyl sites for hydroxylation is 1. The van der Waals surface area contributed by atoms with Crippen molar-refractivity contribution < 1.29 is 0 Å². The number of halogens is 1. The third kappa shape index (κ3) is 3.36. The molecule has 1 saturated heterocycles. The van der Waals surface area contributed by atoms with Crippen LogP contribution < -0.4 is 10.2 Å². The number of hydrogen-bond donors (Lipinski definition) is 2. The van der Waals surface area contributed by atoms with Crippen molar-refractivity contribution in [3.05, 3.63) is 58.2 Å². The monoisotopic (exact) mass is 423 g/mol. The molecule has 1 fully saturated rings. The zero-order chi connectivity index (χ0) is 18.2. The maximum Gasteiger partial charge on any atom is 0.0666 e. The summed E-state index contributed by atoms with van der Waals surface area (Å²) < 4.78 is 1.15. The van der Waals surface area contributed by atoms with Crippen LogP contribution in [-0.4, -0.2) is 18.1 Å². The molecule has 2 heterocycles.